The van der Waals surface area contributed by atoms with Crippen molar-refractivity contribution in [2.45, 2.75) is 4.90 Å². The van der Waals surface area contributed by atoms with E-state index in [-0.39, 0.29) is 0 Å². The van der Waals surface area contributed by atoms with Crippen LogP contribution in [-0.4, -0.2) is 23.1 Å². The SMILES string of the molecule is c1csc(NSc2ccc3c(c2)OCCN3c2ccc3scnc3c2)n1. The van der Waals surface area contributed by atoms with E-state index in [1.54, 1.807) is 40.8 Å². The summed E-state index contributed by atoms with van der Waals surface area (Å²) in [6.45, 7) is 1.49. The van der Waals surface area contributed by atoms with E-state index < -0.39 is 0 Å². The minimum atomic E-state index is 0.663. The number of anilines is 3. The smallest absolute Gasteiger partial charge is 0.192 e. The molecule has 8 heteroatoms. The average molecular weight is 399 g/mol. The summed E-state index contributed by atoms with van der Waals surface area (Å²) in [6.07, 6.45) is 1.79. The number of aromatic nitrogens is 2. The molecule has 0 unspecified atom stereocenters. The van der Waals surface area contributed by atoms with Crippen molar-refractivity contribution in [3.8, 4) is 5.75 Å². The molecule has 0 amide bonds. The van der Waals surface area contributed by atoms with Gasteiger partial charge in [-0.2, -0.15) is 0 Å². The second-order valence-corrected chi connectivity index (χ2v) is 8.34. The van der Waals surface area contributed by atoms with Crippen LogP contribution in [-0.2, 0) is 0 Å². The third-order valence-corrected chi connectivity index (χ3v) is 6.52. The number of thiazole rings is 2. The van der Waals surface area contributed by atoms with Crippen LogP contribution in [0.25, 0.3) is 10.2 Å². The van der Waals surface area contributed by atoms with Gasteiger partial charge in [-0.15, -0.1) is 22.7 Å². The molecule has 4 aromatic rings. The van der Waals surface area contributed by atoms with Gasteiger partial charge >= 0.3 is 0 Å². The highest BCUT2D eigenvalue weighted by Gasteiger charge is 2.20. The van der Waals surface area contributed by atoms with E-state index in [2.05, 4.69) is 56.0 Å². The Morgan fingerprint density at radius 1 is 1.12 bits per heavy atom. The van der Waals surface area contributed by atoms with Gasteiger partial charge in [-0.3, -0.25) is 0 Å². The van der Waals surface area contributed by atoms with Gasteiger partial charge < -0.3 is 14.4 Å². The number of nitrogens with one attached hydrogen (secondary N) is 1. The maximum atomic E-state index is 5.92. The predicted molar refractivity (Wildman–Crippen MR) is 110 cm³/mol. The van der Waals surface area contributed by atoms with Crippen LogP contribution in [0.4, 0.5) is 16.5 Å². The summed E-state index contributed by atoms with van der Waals surface area (Å²) >= 11 is 4.79. The summed E-state index contributed by atoms with van der Waals surface area (Å²) in [5.41, 5.74) is 5.17. The lowest BCUT2D eigenvalue weighted by atomic mass is 10.2. The molecule has 0 saturated carbocycles. The molecule has 3 heterocycles. The van der Waals surface area contributed by atoms with E-state index in [4.69, 9.17) is 4.74 Å². The van der Waals surface area contributed by atoms with E-state index in [1.807, 2.05) is 10.9 Å². The van der Waals surface area contributed by atoms with Crippen molar-refractivity contribution in [1.29, 1.82) is 0 Å². The number of fused-ring (bicyclic) bond motifs is 2. The number of hydrogen-bond acceptors (Lipinski definition) is 8. The summed E-state index contributed by atoms with van der Waals surface area (Å²) in [7, 11) is 0. The summed E-state index contributed by atoms with van der Waals surface area (Å²) in [5.74, 6) is 0.903. The molecular weight excluding hydrogens is 384 g/mol. The lowest BCUT2D eigenvalue weighted by molar-refractivity contribution is 0.313. The Labute approximate surface area is 162 Å². The first-order chi connectivity index (χ1) is 12.9. The Morgan fingerprint density at radius 3 is 3.04 bits per heavy atom. The summed E-state index contributed by atoms with van der Waals surface area (Å²) in [5, 5.41) is 2.85. The molecule has 2 aromatic heterocycles. The van der Waals surface area contributed by atoms with Crippen LogP contribution in [0.15, 0.2) is 58.4 Å². The zero-order chi connectivity index (χ0) is 17.3. The van der Waals surface area contributed by atoms with Gasteiger partial charge in [0, 0.05) is 22.2 Å². The molecule has 1 aliphatic heterocycles. The number of nitrogens with zero attached hydrogens (tertiary/aromatic N) is 3. The molecule has 26 heavy (non-hydrogen) atoms. The van der Waals surface area contributed by atoms with E-state index in [1.165, 1.54) is 4.70 Å². The number of rotatable bonds is 4. The van der Waals surface area contributed by atoms with Crippen LogP contribution < -0.4 is 14.4 Å². The van der Waals surface area contributed by atoms with Crippen molar-refractivity contribution < 1.29 is 4.74 Å². The molecule has 0 atom stereocenters. The van der Waals surface area contributed by atoms with E-state index in [0.29, 0.717) is 6.61 Å². The Hall–Kier alpha value is -2.29. The van der Waals surface area contributed by atoms with E-state index >= 15 is 0 Å². The molecule has 130 valence electrons. The molecule has 0 fully saturated rings. The van der Waals surface area contributed by atoms with Crippen LogP contribution >= 0.6 is 34.6 Å². The molecule has 2 aromatic carbocycles. The highest BCUT2D eigenvalue weighted by atomic mass is 32.2. The lowest BCUT2D eigenvalue weighted by Gasteiger charge is -2.31. The molecule has 0 spiro atoms. The Balaban J connectivity index is 1.42. The first-order valence-electron chi connectivity index (χ1n) is 8.07. The van der Waals surface area contributed by atoms with Crippen LogP contribution in [0, 0.1) is 0 Å². The van der Waals surface area contributed by atoms with E-state index in [9.17, 15) is 0 Å². The quantitative estimate of drug-likeness (QED) is 0.464. The zero-order valence-electron chi connectivity index (χ0n) is 13.6. The van der Waals surface area contributed by atoms with Crippen LogP contribution in [0.3, 0.4) is 0 Å². The molecule has 1 N–H and O–H groups in total. The van der Waals surface area contributed by atoms with Crippen molar-refractivity contribution >= 4 is 61.3 Å². The van der Waals surface area contributed by atoms with Crippen LogP contribution in [0.1, 0.15) is 0 Å². The van der Waals surface area contributed by atoms with Gasteiger partial charge in [-0.1, -0.05) is 0 Å². The van der Waals surface area contributed by atoms with Gasteiger partial charge in [0.05, 0.1) is 28.0 Å². The van der Waals surface area contributed by atoms with Crippen molar-refractivity contribution in [3.63, 3.8) is 0 Å². The fraction of sp³-hybridized carbons (Fsp3) is 0.111. The Morgan fingerprint density at radius 2 is 2.12 bits per heavy atom. The molecule has 5 rings (SSSR count). The predicted octanol–water partition coefficient (Wildman–Crippen LogP) is 5.40. The fourth-order valence-corrected chi connectivity index (χ4v) is 4.83. The maximum absolute atomic E-state index is 5.92. The molecule has 5 nitrogen and oxygen atoms in total. The van der Waals surface area contributed by atoms with Gasteiger partial charge in [0.1, 0.15) is 12.4 Å². The standard InChI is InChI=1S/C18H14N4OS3/c1-4-17-14(20-11-25-17)9-12(1)22-6-7-23-16-10-13(2-3-15(16)22)26-21-18-19-5-8-24-18/h1-5,8-11H,6-7H2,(H,19,21). The number of hydrogen-bond donors (Lipinski definition) is 1. The molecule has 0 aliphatic carbocycles. The minimum absolute atomic E-state index is 0.663. The van der Waals surface area contributed by atoms with Gasteiger partial charge in [-0.25, -0.2) is 9.97 Å². The summed E-state index contributed by atoms with van der Waals surface area (Å²) < 4.78 is 10.4. The Bertz CT molecular complexity index is 1050. The van der Waals surface area contributed by atoms with E-state index in [0.717, 1.165) is 39.2 Å². The van der Waals surface area contributed by atoms with Crippen molar-refractivity contribution in [2.24, 2.45) is 0 Å². The highest BCUT2D eigenvalue weighted by Crippen LogP contribution is 2.40. The van der Waals surface area contributed by atoms with Crippen molar-refractivity contribution in [2.75, 3.05) is 22.8 Å². The molecular formula is C18H14N4OS3. The monoisotopic (exact) mass is 398 g/mol. The first-order valence-corrected chi connectivity index (χ1v) is 10.6. The third kappa shape index (κ3) is 3.00. The topological polar surface area (TPSA) is 50.3 Å². The molecule has 0 saturated heterocycles. The van der Waals surface area contributed by atoms with Gasteiger partial charge in [0.2, 0.25) is 0 Å². The number of benzene rings is 2. The average Bonchev–Trinajstić information content (AvgIpc) is 3.36. The van der Waals surface area contributed by atoms with Crippen molar-refractivity contribution in [1.82, 2.24) is 9.97 Å². The van der Waals surface area contributed by atoms with Gasteiger partial charge in [0.15, 0.2) is 5.13 Å². The molecule has 0 bridgehead atoms. The Kier molecular flexibility index (Phi) is 4.16. The third-order valence-electron chi connectivity index (χ3n) is 4.11. The lowest BCUT2D eigenvalue weighted by Crippen LogP contribution is -2.28. The number of ether oxygens (including phenoxy) is 1. The molecule has 0 radical (unpaired) electrons. The summed E-state index contributed by atoms with van der Waals surface area (Å²) in [6, 6.07) is 12.7. The maximum Gasteiger partial charge on any atom is 0.192 e. The largest absolute Gasteiger partial charge is 0.489 e. The van der Waals surface area contributed by atoms with Gasteiger partial charge in [-0.05, 0) is 48.3 Å². The second-order valence-electron chi connectivity index (χ2n) is 5.68. The zero-order valence-corrected chi connectivity index (χ0v) is 16.0. The van der Waals surface area contributed by atoms with Crippen LogP contribution in [0.5, 0.6) is 5.75 Å². The fourth-order valence-electron chi connectivity index (χ4n) is 2.92. The summed E-state index contributed by atoms with van der Waals surface area (Å²) in [4.78, 5) is 12.1. The first kappa shape index (κ1) is 15.9. The minimum Gasteiger partial charge on any atom is -0.489 e. The van der Waals surface area contributed by atoms with Crippen molar-refractivity contribution in [3.05, 3.63) is 53.5 Å². The highest BCUT2D eigenvalue weighted by molar-refractivity contribution is 8.00. The van der Waals surface area contributed by atoms with Gasteiger partial charge in [0.25, 0.3) is 0 Å². The van der Waals surface area contributed by atoms with Crippen LogP contribution in [0.2, 0.25) is 0 Å². The molecule has 1 aliphatic rings. The normalized spacial score (nSPS) is 13.5. The second kappa shape index (κ2) is 6.79.